The van der Waals surface area contributed by atoms with E-state index in [1.165, 1.54) is 12.8 Å². The fourth-order valence-electron chi connectivity index (χ4n) is 2.43. The van der Waals surface area contributed by atoms with Crippen LogP contribution >= 0.6 is 0 Å². The fourth-order valence-corrected chi connectivity index (χ4v) is 2.43. The molecule has 2 rings (SSSR count). The topological polar surface area (TPSA) is 12.5 Å². The van der Waals surface area contributed by atoms with Crippen LogP contribution < -0.4 is 0 Å². The molecule has 64 valence electrons. The molecule has 0 amide bonds. The van der Waals surface area contributed by atoms with E-state index >= 15 is 0 Å². The summed E-state index contributed by atoms with van der Waals surface area (Å²) in [6, 6.07) is 0. The summed E-state index contributed by atoms with van der Waals surface area (Å²) in [5, 5.41) is 0. The minimum atomic E-state index is 0.339. The smallest absolute Gasteiger partial charge is 0.0944 e. The Labute approximate surface area is 69.1 Å². The van der Waals surface area contributed by atoms with Gasteiger partial charge in [0, 0.05) is 0 Å². The first-order valence-electron chi connectivity index (χ1n) is 4.80. The SMILES string of the molecule is CC1CCC2(CO2)C(C)C1C. The zero-order valence-corrected chi connectivity index (χ0v) is 7.76. The first-order valence-corrected chi connectivity index (χ1v) is 4.80. The van der Waals surface area contributed by atoms with Crippen LogP contribution in [0.4, 0.5) is 0 Å². The second-order valence-electron chi connectivity index (χ2n) is 4.52. The first-order chi connectivity index (χ1) is 5.16. The molecule has 4 atom stereocenters. The van der Waals surface area contributed by atoms with Crippen LogP contribution in [0.5, 0.6) is 0 Å². The molecule has 4 unspecified atom stereocenters. The molecule has 0 aromatic rings. The van der Waals surface area contributed by atoms with Gasteiger partial charge in [0.25, 0.3) is 0 Å². The molecule has 11 heavy (non-hydrogen) atoms. The largest absolute Gasteiger partial charge is 0.369 e. The van der Waals surface area contributed by atoms with Gasteiger partial charge in [0.05, 0.1) is 12.2 Å². The second kappa shape index (κ2) is 2.22. The summed E-state index contributed by atoms with van der Waals surface area (Å²) in [6.07, 6.45) is 2.67. The van der Waals surface area contributed by atoms with E-state index in [0.29, 0.717) is 5.60 Å². The molecule has 2 aliphatic rings. The molecule has 2 fully saturated rings. The van der Waals surface area contributed by atoms with Crippen molar-refractivity contribution in [1.82, 2.24) is 0 Å². The molecule has 1 spiro atoms. The normalized spacial score (nSPS) is 56.5. The molecular formula is C10H18O. The van der Waals surface area contributed by atoms with E-state index in [-0.39, 0.29) is 0 Å². The van der Waals surface area contributed by atoms with Crippen LogP contribution in [0.25, 0.3) is 0 Å². The molecule has 0 aromatic heterocycles. The van der Waals surface area contributed by atoms with Gasteiger partial charge >= 0.3 is 0 Å². The Bertz CT molecular complexity index is 160. The molecule has 1 heterocycles. The predicted molar refractivity (Wildman–Crippen MR) is 45.4 cm³/mol. The molecule has 0 N–H and O–H groups in total. The predicted octanol–water partition coefficient (Wildman–Crippen LogP) is 2.46. The first kappa shape index (κ1) is 7.60. The minimum absolute atomic E-state index is 0.339. The lowest BCUT2D eigenvalue weighted by atomic mass is 9.69. The molecule has 1 saturated carbocycles. The lowest BCUT2D eigenvalue weighted by Gasteiger charge is -2.36. The molecule has 0 bridgehead atoms. The molecule has 1 saturated heterocycles. The Morgan fingerprint density at radius 3 is 2.45 bits per heavy atom. The van der Waals surface area contributed by atoms with E-state index in [0.717, 1.165) is 24.4 Å². The van der Waals surface area contributed by atoms with Gasteiger partial charge in [0.1, 0.15) is 0 Å². The highest BCUT2D eigenvalue weighted by Crippen LogP contribution is 2.50. The molecule has 1 aliphatic heterocycles. The van der Waals surface area contributed by atoms with Crippen molar-refractivity contribution in [3.8, 4) is 0 Å². The molecule has 1 heteroatoms. The summed E-state index contributed by atoms with van der Waals surface area (Å²) in [7, 11) is 0. The van der Waals surface area contributed by atoms with E-state index in [9.17, 15) is 0 Å². The van der Waals surface area contributed by atoms with Gasteiger partial charge in [0.2, 0.25) is 0 Å². The Morgan fingerprint density at radius 1 is 1.27 bits per heavy atom. The highest BCUT2D eigenvalue weighted by atomic mass is 16.6. The van der Waals surface area contributed by atoms with Crippen molar-refractivity contribution in [2.75, 3.05) is 6.61 Å². The highest BCUT2D eigenvalue weighted by molar-refractivity contribution is 5.02. The molecule has 0 aromatic carbocycles. The minimum Gasteiger partial charge on any atom is -0.369 e. The van der Waals surface area contributed by atoms with Crippen LogP contribution in [-0.4, -0.2) is 12.2 Å². The Morgan fingerprint density at radius 2 is 1.91 bits per heavy atom. The highest BCUT2D eigenvalue weighted by Gasteiger charge is 2.53. The Kier molecular flexibility index (Phi) is 1.54. The monoisotopic (exact) mass is 154 g/mol. The fraction of sp³-hybridized carbons (Fsp3) is 1.00. The lowest BCUT2D eigenvalue weighted by molar-refractivity contribution is 0.0853. The number of rotatable bonds is 0. The van der Waals surface area contributed by atoms with Crippen LogP contribution in [0.15, 0.2) is 0 Å². The van der Waals surface area contributed by atoms with Crippen molar-refractivity contribution < 1.29 is 4.74 Å². The number of epoxide rings is 1. The van der Waals surface area contributed by atoms with E-state index in [1.807, 2.05) is 0 Å². The van der Waals surface area contributed by atoms with Crippen molar-refractivity contribution in [2.45, 2.75) is 39.2 Å². The maximum Gasteiger partial charge on any atom is 0.0944 e. The number of hydrogen-bond acceptors (Lipinski definition) is 1. The van der Waals surface area contributed by atoms with Crippen molar-refractivity contribution in [3.63, 3.8) is 0 Å². The van der Waals surface area contributed by atoms with E-state index < -0.39 is 0 Å². The van der Waals surface area contributed by atoms with Gasteiger partial charge in [-0.05, 0) is 30.6 Å². The number of ether oxygens (including phenoxy) is 1. The number of hydrogen-bond donors (Lipinski definition) is 0. The van der Waals surface area contributed by atoms with E-state index in [1.54, 1.807) is 0 Å². The summed E-state index contributed by atoms with van der Waals surface area (Å²) in [5.41, 5.74) is 0.339. The molecule has 1 nitrogen and oxygen atoms in total. The maximum atomic E-state index is 5.57. The second-order valence-corrected chi connectivity index (χ2v) is 4.52. The van der Waals surface area contributed by atoms with Crippen LogP contribution in [0.1, 0.15) is 33.6 Å². The van der Waals surface area contributed by atoms with Gasteiger partial charge in [-0.1, -0.05) is 20.8 Å². The average molecular weight is 154 g/mol. The third-order valence-corrected chi connectivity index (χ3v) is 4.05. The maximum absolute atomic E-state index is 5.57. The Hall–Kier alpha value is -0.0400. The summed E-state index contributed by atoms with van der Waals surface area (Å²) in [5.74, 6) is 2.54. The van der Waals surface area contributed by atoms with Crippen molar-refractivity contribution in [3.05, 3.63) is 0 Å². The lowest BCUT2D eigenvalue weighted by Crippen LogP contribution is -2.36. The van der Waals surface area contributed by atoms with Gasteiger partial charge in [0.15, 0.2) is 0 Å². The summed E-state index contributed by atoms with van der Waals surface area (Å²) < 4.78 is 5.57. The van der Waals surface area contributed by atoms with Crippen molar-refractivity contribution in [2.24, 2.45) is 17.8 Å². The standard InChI is InChI=1S/C10H18O/c1-7-4-5-10(6-11-10)9(3)8(7)2/h7-9H,4-6H2,1-3H3. The van der Waals surface area contributed by atoms with Crippen LogP contribution in [0.2, 0.25) is 0 Å². The summed E-state index contributed by atoms with van der Waals surface area (Å²) in [6.45, 7) is 8.13. The van der Waals surface area contributed by atoms with Gasteiger partial charge in [-0.3, -0.25) is 0 Å². The van der Waals surface area contributed by atoms with Crippen LogP contribution in [0.3, 0.4) is 0 Å². The quantitative estimate of drug-likeness (QED) is 0.488. The van der Waals surface area contributed by atoms with Crippen molar-refractivity contribution in [1.29, 1.82) is 0 Å². The van der Waals surface area contributed by atoms with Crippen LogP contribution in [-0.2, 0) is 4.74 Å². The zero-order chi connectivity index (χ0) is 8.06. The van der Waals surface area contributed by atoms with Gasteiger partial charge in [-0.2, -0.15) is 0 Å². The third-order valence-electron chi connectivity index (χ3n) is 4.05. The molecular weight excluding hydrogens is 136 g/mol. The Balaban J connectivity index is 2.09. The van der Waals surface area contributed by atoms with Gasteiger partial charge < -0.3 is 4.74 Å². The zero-order valence-electron chi connectivity index (χ0n) is 7.76. The average Bonchev–Trinajstić information content (AvgIpc) is 2.76. The molecule has 0 radical (unpaired) electrons. The van der Waals surface area contributed by atoms with Gasteiger partial charge in [-0.25, -0.2) is 0 Å². The van der Waals surface area contributed by atoms with Gasteiger partial charge in [-0.15, -0.1) is 0 Å². The van der Waals surface area contributed by atoms with Crippen LogP contribution in [0, 0.1) is 17.8 Å². The van der Waals surface area contributed by atoms with E-state index in [4.69, 9.17) is 4.74 Å². The third kappa shape index (κ3) is 1.01. The van der Waals surface area contributed by atoms with E-state index in [2.05, 4.69) is 20.8 Å². The summed E-state index contributed by atoms with van der Waals surface area (Å²) in [4.78, 5) is 0. The summed E-state index contributed by atoms with van der Waals surface area (Å²) >= 11 is 0. The van der Waals surface area contributed by atoms with Crippen molar-refractivity contribution >= 4 is 0 Å². The molecule has 1 aliphatic carbocycles.